The molecule has 1 atom stereocenters. The van der Waals surface area contributed by atoms with E-state index in [0.29, 0.717) is 17.7 Å². The zero-order chi connectivity index (χ0) is 11.5. The van der Waals surface area contributed by atoms with Crippen molar-refractivity contribution in [2.24, 2.45) is 0 Å². The Morgan fingerprint density at radius 3 is 2.81 bits per heavy atom. The second-order valence-corrected chi connectivity index (χ2v) is 3.78. The number of hydrogen-bond donors (Lipinski definition) is 0. The highest BCUT2D eigenvalue weighted by Crippen LogP contribution is 2.29. The fraction of sp³-hybridized carbons (Fsp3) is 0.231. The lowest BCUT2D eigenvalue weighted by Crippen LogP contribution is -2.32. The van der Waals surface area contributed by atoms with Crippen LogP contribution in [0.5, 0.6) is 0 Å². The van der Waals surface area contributed by atoms with Crippen LogP contribution in [0.3, 0.4) is 0 Å². The summed E-state index contributed by atoms with van der Waals surface area (Å²) in [7, 11) is 0. The summed E-state index contributed by atoms with van der Waals surface area (Å²) < 4.78 is 0. The first-order valence-corrected chi connectivity index (χ1v) is 5.26. The van der Waals surface area contributed by atoms with Gasteiger partial charge in [-0.25, -0.2) is 0 Å². The lowest BCUT2D eigenvalue weighted by Gasteiger charge is -2.23. The van der Waals surface area contributed by atoms with Crippen molar-refractivity contribution in [1.29, 1.82) is 0 Å². The highest BCUT2D eigenvalue weighted by atomic mass is 16.2. The average molecular weight is 215 g/mol. The number of anilines is 1. The van der Waals surface area contributed by atoms with Crippen molar-refractivity contribution in [2.75, 3.05) is 4.90 Å². The van der Waals surface area contributed by atoms with E-state index < -0.39 is 0 Å². The molecule has 1 heterocycles. The van der Waals surface area contributed by atoms with Crippen molar-refractivity contribution in [3.05, 3.63) is 42.5 Å². The van der Waals surface area contributed by atoms with E-state index in [2.05, 4.69) is 6.58 Å². The molecule has 1 amide bonds. The van der Waals surface area contributed by atoms with Gasteiger partial charge in [-0.15, -0.1) is 6.58 Å². The van der Waals surface area contributed by atoms with Gasteiger partial charge in [-0.2, -0.15) is 0 Å². The van der Waals surface area contributed by atoms with Crippen molar-refractivity contribution < 1.29 is 9.59 Å². The van der Waals surface area contributed by atoms with Crippen molar-refractivity contribution in [1.82, 2.24) is 0 Å². The van der Waals surface area contributed by atoms with E-state index in [1.165, 1.54) is 0 Å². The Bertz CT molecular complexity index is 439. The van der Waals surface area contributed by atoms with Crippen LogP contribution in [0.4, 0.5) is 5.69 Å². The number of benzene rings is 1. The van der Waals surface area contributed by atoms with Crippen molar-refractivity contribution >= 4 is 17.9 Å². The maximum absolute atomic E-state index is 11.8. The second-order valence-electron chi connectivity index (χ2n) is 3.78. The second kappa shape index (κ2) is 4.31. The predicted molar refractivity (Wildman–Crippen MR) is 62.5 cm³/mol. The van der Waals surface area contributed by atoms with Gasteiger partial charge in [0.2, 0.25) is 5.91 Å². The van der Waals surface area contributed by atoms with Crippen molar-refractivity contribution in [3.8, 4) is 0 Å². The fourth-order valence-corrected chi connectivity index (χ4v) is 2.05. The first kappa shape index (κ1) is 10.6. The molecular weight excluding hydrogens is 202 g/mol. The summed E-state index contributed by atoms with van der Waals surface area (Å²) >= 11 is 0. The number of nitrogens with zero attached hydrogens (tertiary/aromatic N) is 1. The SMILES string of the molecule is C=C[C@@H]1CCC(=O)N1c1ccccc1C=O. The Morgan fingerprint density at radius 1 is 1.38 bits per heavy atom. The van der Waals surface area contributed by atoms with E-state index in [1.807, 2.05) is 6.07 Å². The lowest BCUT2D eigenvalue weighted by molar-refractivity contribution is -0.117. The molecule has 2 rings (SSSR count). The van der Waals surface area contributed by atoms with Gasteiger partial charge in [0.05, 0.1) is 11.7 Å². The minimum absolute atomic E-state index is 0.00796. The van der Waals surface area contributed by atoms with E-state index in [4.69, 9.17) is 0 Å². The first-order valence-electron chi connectivity index (χ1n) is 5.26. The molecule has 0 saturated carbocycles. The van der Waals surface area contributed by atoms with Gasteiger partial charge in [0.15, 0.2) is 6.29 Å². The molecule has 1 aromatic carbocycles. The zero-order valence-corrected chi connectivity index (χ0v) is 8.93. The topological polar surface area (TPSA) is 37.4 Å². The van der Waals surface area contributed by atoms with Gasteiger partial charge in [0, 0.05) is 12.0 Å². The third-order valence-corrected chi connectivity index (χ3v) is 2.85. The summed E-state index contributed by atoms with van der Waals surface area (Å²) in [4.78, 5) is 24.4. The minimum atomic E-state index is 0.00796. The van der Waals surface area contributed by atoms with Gasteiger partial charge < -0.3 is 4.90 Å². The largest absolute Gasteiger partial charge is 0.305 e. The number of rotatable bonds is 3. The van der Waals surface area contributed by atoms with Crippen LogP contribution in [0.2, 0.25) is 0 Å². The molecule has 0 bridgehead atoms. The van der Waals surface area contributed by atoms with E-state index in [-0.39, 0.29) is 11.9 Å². The smallest absolute Gasteiger partial charge is 0.227 e. The van der Waals surface area contributed by atoms with Crippen LogP contribution in [-0.2, 0) is 4.79 Å². The number of hydrogen-bond acceptors (Lipinski definition) is 2. The minimum Gasteiger partial charge on any atom is -0.305 e. The molecule has 0 unspecified atom stereocenters. The number of carbonyl (C=O) groups is 2. The predicted octanol–water partition coefficient (Wildman–Crippen LogP) is 2.18. The summed E-state index contributed by atoms with van der Waals surface area (Å²) in [6.07, 6.45) is 3.83. The molecule has 82 valence electrons. The number of para-hydroxylation sites is 1. The highest BCUT2D eigenvalue weighted by Gasteiger charge is 2.31. The molecule has 1 saturated heterocycles. The molecule has 3 heteroatoms. The van der Waals surface area contributed by atoms with Crippen molar-refractivity contribution in [3.63, 3.8) is 0 Å². The normalized spacial score (nSPS) is 19.9. The Morgan fingerprint density at radius 2 is 2.12 bits per heavy atom. The molecule has 1 aliphatic rings. The zero-order valence-electron chi connectivity index (χ0n) is 8.93. The first-order chi connectivity index (χ1) is 7.77. The summed E-state index contributed by atoms with van der Waals surface area (Å²) in [6.45, 7) is 3.73. The average Bonchev–Trinajstić information content (AvgIpc) is 2.70. The maximum Gasteiger partial charge on any atom is 0.227 e. The quantitative estimate of drug-likeness (QED) is 0.572. The Balaban J connectivity index is 2.45. The van der Waals surface area contributed by atoms with Crippen LogP contribution in [0.1, 0.15) is 23.2 Å². The van der Waals surface area contributed by atoms with E-state index >= 15 is 0 Å². The maximum atomic E-state index is 11.8. The summed E-state index contributed by atoms with van der Waals surface area (Å²) in [5, 5.41) is 0. The molecule has 0 aromatic heterocycles. The molecule has 0 spiro atoms. The molecular formula is C13H13NO2. The molecule has 16 heavy (non-hydrogen) atoms. The van der Waals surface area contributed by atoms with E-state index in [9.17, 15) is 9.59 Å². The fourth-order valence-electron chi connectivity index (χ4n) is 2.05. The Labute approximate surface area is 94.4 Å². The van der Waals surface area contributed by atoms with Gasteiger partial charge >= 0.3 is 0 Å². The Hall–Kier alpha value is -1.90. The van der Waals surface area contributed by atoms with Crippen LogP contribution >= 0.6 is 0 Å². The molecule has 1 aromatic rings. The highest BCUT2D eigenvalue weighted by molar-refractivity contribution is 6.00. The van der Waals surface area contributed by atoms with Crippen LogP contribution in [0.15, 0.2) is 36.9 Å². The van der Waals surface area contributed by atoms with Gasteiger partial charge in [0.1, 0.15) is 0 Å². The summed E-state index contributed by atoms with van der Waals surface area (Å²) in [6, 6.07) is 7.14. The van der Waals surface area contributed by atoms with Crippen LogP contribution < -0.4 is 4.90 Å². The molecule has 0 N–H and O–H groups in total. The number of aldehydes is 1. The number of amides is 1. The lowest BCUT2D eigenvalue weighted by atomic mass is 10.1. The molecule has 0 aliphatic carbocycles. The summed E-state index contributed by atoms with van der Waals surface area (Å²) in [5.74, 6) is 0.0548. The standard InChI is InChI=1S/C13H13NO2/c1-2-11-7-8-13(16)14(11)12-6-4-3-5-10(12)9-15/h2-6,9,11H,1,7-8H2/t11-/m1/s1. The molecule has 3 nitrogen and oxygen atoms in total. The van der Waals surface area contributed by atoms with Crippen LogP contribution in [0.25, 0.3) is 0 Å². The van der Waals surface area contributed by atoms with E-state index in [0.717, 1.165) is 12.7 Å². The third-order valence-electron chi connectivity index (χ3n) is 2.85. The monoisotopic (exact) mass is 215 g/mol. The van der Waals surface area contributed by atoms with Crippen molar-refractivity contribution in [2.45, 2.75) is 18.9 Å². The van der Waals surface area contributed by atoms with E-state index in [1.54, 1.807) is 29.2 Å². The van der Waals surface area contributed by atoms with Gasteiger partial charge in [-0.1, -0.05) is 18.2 Å². The number of carbonyl (C=O) groups excluding carboxylic acids is 2. The summed E-state index contributed by atoms with van der Waals surface area (Å²) in [5.41, 5.74) is 1.23. The van der Waals surface area contributed by atoms with Crippen LogP contribution in [0, 0.1) is 0 Å². The van der Waals surface area contributed by atoms with Gasteiger partial charge in [-0.05, 0) is 18.6 Å². The third kappa shape index (κ3) is 1.65. The van der Waals surface area contributed by atoms with Gasteiger partial charge in [-0.3, -0.25) is 9.59 Å². The van der Waals surface area contributed by atoms with Gasteiger partial charge in [0.25, 0.3) is 0 Å². The Kier molecular flexibility index (Phi) is 2.86. The molecule has 1 fully saturated rings. The van der Waals surface area contributed by atoms with Crippen LogP contribution in [-0.4, -0.2) is 18.2 Å². The molecule has 0 radical (unpaired) electrons. The molecule has 1 aliphatic heterocycles.